The first-order valence-corrected chi connectivity index (χ1v) is 10.5. The Morgan fingerprint density at radius 2 is 2.18 bits per heavy atom. The van der Waals surface area contributed by atoms with Crippen molar-refractivity contribution in [3.63, 3.8) is 0 Å². The zero-order valence-corrected chi connectivity index (χ0v) is 17.8. The van der Waals surface area contributed by atoms with Gasteiger partial charge in [-0.2, -0.15) is 5.10 Å². The number of rotatable bonds is 3. The number of pyridine rings is 1. The van der Waals surface area contributed by atoms with E-state index in [2.05, 4.69) is 18.9 Å². The van der Waals surface area contributed by atoms with Gasteiger partial charge in [-0.3, -0.25) is 4.79 Å². The molecule has 1 fully saturated rings. The molecular formula is C21H26N4O2S. The van der Waals surface area contributed by atoms with Gasteiger partial charge in [0.25, 0.3) is 5.91 Å². The maximum absolute atomic E-state index is 13.7. The minimum absolute atomic E-state index is 0.00802. The molecule has 6 nitrogen and oxygen atoms in total. The predicted molar refractivity (Wildman–Crippen MR) is 112 cm³/mol. The largest absolute Gasteiger partial charge is 0.374 e. The van der Waals surface area contributed by atoms with Crippen molar-refractivity contribution >= 4 is 28.3 Å². The van der Waals surface area contributed by atoms with Crippen molar-refractivity contribution in [1.82, 2.24) is 19.7 Å². The van der Waals surface area contributed by atoms with Crippen LogP contribution < -0.4 is 0 Å². The Kier molecular flexibility index (Phi) is 4.75. The summed E-state index contributed by atoms with van der Waals surface area (Å²) in [6, 6.07) is 6.11. The molecule has 0 bridgehead atoms. The highest BCUT2D eigenvalue weighted by Gasteiger charge is 2.38. The van der Waals surface area contributed by atoms with E-state index in [1.165, 1.54) is 0 Å². The van der Waals surface area contributed by atoms with Gasteiger partial charge in [0.2, 0.25) is 0 Å². The third-order valence-electron chi connectivity index (χ3n) is 5.20. The average molecular weight is 399 g/mol. The Bertz CT molecular complexity index is 1010. The molecule has 0 aromatic carbocycles. The van der Waals surface area contributed by atoms with Gasteiger partial charge in [-0.05, 0) is 52.1 Å². The molecule has 1 atom stereocenters. The second kappa shape index (κ2) is 6.97. The zero-order valence-electron chi connectivity index (χ0n) is 17.0. The topological polar surface area (TPSA) is 60.2 Å². The lowest BCUT2D eigenvalue weighted by Gasteiger charge is -2.44. The van der Waals surface area contributed by atoms with Crippen LogP contribution >= 0.6 is 11.3 Å². The normalized spacial score (nSPS) is 19.5. The lowest BCUT2D eigenvalue weighted by Crippen LogP contribution is -2.57. The van der Waals surface area contributed by atoms with Gasteiger partial charge in [-0.1, -0.05) is 6.07 Å². The van der Waals surface area contributed by atoms with E-state index < -0.39 is 0 Å². The number of nitrogens with zero attached hydrogens (tertiary/aromatic N) is 4. The van der Waals surface area contributed by atoms with Crippen molar-refractivity contribution in [1.29, 1.82) is 0 Å². The molecule has 4 rings (SSSR count). The zero-order chi connectivity index (χ0) is 20.1. The first kappa shape index (κ1) is 19.1. The summed E-state index contributed by atoms with van der Waals surface area (Å²) in [4.78, 5) is 21.5. The van der Waals surface area contributed by atoms with Gasteiger partial charge in [0.05, 0.1) is 46.0 Å². The minimum atomic E-state index is -0.365. The second-order valence-electron chi connectivity index (χ2n) is 8.30. The van der Waals surface area contributed by atoms with E-state index in [0.29, 0.717) is 18.7 Å². The minimum Gasteiger partial charge on any atom is -0.374 e. The number of morpholine rings is 1. The molecule has 148 valence electrons. The highest BCUT2D eigenvalue weighted by atomic mass is 32.1. The molecular weight excluding hydrogens is 372 g/mol. The smallest absolute Gasteiger partial charge is 0.255 e. The molecule has 1 unspecified atom stereocenters. The van der Waals surface area contributed by atoms with E-state index in [1.807, 2.05) is 53.9 Å². The molecule has 0 radical (unpaired) electrons. The molecule has 1 saturated heterocycles. The Morgan fingerprint density at radius 1 is 1.39 bits per heavy atom. The van der Waals surface area contributed by atoms with Gasteiger partial charge in [0.15, 0.2) is 5.65 Å². The first-order valence-electron chi connectivity index (χ1n) is 9.63. The molecule has 0 aliphatic carbocycles. The maximum Gasteiger partial charge on any atom is 0.255 e. The van der Waals surface area contributed by atoms with Gasteiger partial charge in [0, 0.05) is 12.6 Å². The standard InChI is InChI=1S/C21H26N4O2S/c1-13(2)25-19-16(10-22-25)15(9-17(23-19)18-7-6-8-28-18)20(26)24-11-14(3)27-12-21(24,4)5/h6-10,13-14H,11-12H2,1-5H3. The average Bonchev–Trinajstić information content (AvgIpc) is 3.31. The molecule has 1 aliphatic rings. The molecule has 1 amide bonds. The molecule has 7 heteroatoms. The Balaban J connectivity index is 1.89. The van der Waals surface area contributed by atoms with Crippen LogP contribution in [0.1, 0.15) is 51.0 Å². The van der Waals surface area contributed by atoms with E-state index in [9.17, 15) is 4.79 Å². The van der Waals surface area contributed by atoms with Crippen LogP contribution in [0, 0.1) is 0 Å². The number of ether oxygens (including phenoxy) is 1. The van der Waals surface area contributed by atoms with Crippen molar-refractivity contribution in [2.24, 2.45) is 0 Å². The second-order valence-corrected chi connectivity index (χ2v) is 9.25. The van der Waals surface area contributed by atoms with Crippen LogP contribution in [0.3, 0.4) is 0 Å². The summed E-state index contributed by atoms with van der Waals surface area (Å²) in [6.45, 7) is 11.3. The van der Waals surface area contributed by atoms with E-state index >= 15 is 0 Å². The fourth-order valence-corrected chi connectivity index (χ4v) is 4.29. The lowest BCUT2D eigenvalue weighted by atomic mass is 9.98. The number of thiophene rings is 1. The van der Waals surface area contributed by atoms with Gasteiger partial charge in [-0.15, -0.1) is 11.3 Å². The summed E-state index contributed by atoms with van der Waals surface area (Å²) in [7, 11) is 0. The molecule has 0 spiro atoms. The third kappa shape index (κ3) is 3.22. The van der Waals surface area contributed by atoms with E-state index in [1.54, 1.807) is 17.5 Å². The quantitative estimate of drug-likeness (QED) is 0.657. The fourth-order valence-electron chi connectivity index (χ4n) is 3.61. The lowest BCUT2D eigenvalue weighted by molar-refractivity contribution is -0.0755. The van der Waals surface area contributed by atoms with E-state index in [-0.39, 0.29) is 23.6 Å². The first-order chi connectivity index (χ1) is 13.3. The van der Waals surface area contributed by atoms with Crippen LogP contribution in [0.5, 0.6) is 0 Å². The molecule has 28 heavy (non-hydrogen) atoms. The summed E-state index contributed by atoms with van der Waals surface area (Å²) in [5.74, 6) is 0.00802. The Morgan fingerprint density at radius 3 is 2.86 bits per heavy atom. The third-order valence-corrected chi connectivity index (χ3v) is 6.09. The van der Waals surface area contributed by atoms with Crippen molar-refractivity contribution in [2.75, 3.05) is 13.2 Å². The Hall–Kier alpha value is -2.25. The molecule has 0 N–H and O–H groups in total. The van der Waals surface area contributed by atoms with Gasteiger partial charge in [0.1, 0.15) is 0 Å². The molecule has 0 saturated carbocycles. The summed E-state index contributed by atoms with van der Waals surface area (Å²) in [6.07, 6.45) is 1.79. The number of hydrogen-bond donors (Lipinski definition) is 0. The number of hydrogen-bond acceptors (Lipinski definition) is 5. The van der Waals surface area contributed by atoms with Crippen molar-refractivity contribution < 1.29 is 9.53 Å². The van der Waals surface area contributed by atoms with Crippen LogP contribution in [0.15, 0.2) is 29.8 Å². The van der Waals surface area contributed by atoms with Gasteiger partial charge >= 0.3 is 0 Å². The molecule has 4 heterocycles. The van der Waals surface area contributed by atoms with Crippen molar-refractivity contribution in [2.45, 2.75) is 52.3 Å². The Labute approximate surface area is 169 Å². The van der Waals surface area contributed by atoms with Crippen LogP contribution in [-0.4, -0.2) is 50.4 Å². The van der Waals surface area contributed by atoms with Gasteiger partial charge < -0.3 is 9.64 Å². The highest BCUT2D eigenvalue weighted by Crippen LogP contribution is 2.32. The van der Waals surface area contributed by atoms with Crippen LogP contribution in [0.2, 0.25) is 0 Å². The monoisotopic (exact) mass is 398 g/mol. The van der Waals surface area contributed by atoms with Gasteiger partial charge in [-0.25, -0.2) is 9.67 Å². The van der Waals surface area contributed by atoms with E-state index in [0.717, 1.165) is 21.6 Å². The summed E-state index contributed by atoms with van der Waals surface area (Å²) in [5, 5.41) is 7.34. The summed E-state index contributed by atoms with van der Waals surface area (Å²) < 4.78 is 7.68. The number of fused-ring (bicyclic) bond motifs is 1. The maximum atomic E-state index is 13.7. The van der Waals surface area contributed by atoms with E-state index in [4.69, 9.17) is 9.72 Å². The molecule has 3 aromatic rings. The van der Waals surface area contributed by atoms with Crippen LogP contribution in [-0.2, 0) is 4.74 Å². The molecule has 3 aromatic heterocycles. The molecule has 1 aliphatic heterocycles. The number of carbonyl (C=O) groups excluding carboxylic acids is 1. The number of amides is 1. The predicted octanol–water partition coefficient (Wildman–Crippen LogP) is 4.38. The van der Waals surface area contributed by atoms with Crippen LogP contribution in [0.25, 0.3) is 21.6 Å². The number of aromatic nitrogens is 3. The highest BCUT2D eigenvalue weighted by molar-refractivity contribution is 7.13. The summed E-state index contributed by atoms with van der Waals surface area (Å²) in [5.41, 5.74) is 1.86. The van der Waals surface area contributed by atoms with Crippen LogP contribution in [0.4, 0.5) is 0 Å². The number of carbonyl (C=O) groups is 1. The SMILES string of the molecule is CC1CN(C(=O)c2cc(-c3cccs3)nc3c2cnn3C(C)C)C(C)(C)CO1. The van der Waals surface area contributed by atoms with Crippen molar-refractivity contribution in [3.05, 3.63) is 35.3 Å². The van der Waals surface area contributed by atoms with Crippen molar-refractivity contribution in [3.8, 4) is 10.6 Å². The fraction of sp³-hybridized carbons (Fsp3) is 0.476. The summed E-state index contributed by atoms with van der Waals surface area (Å²) >= 11 is 1.62.